The molecule has 0 aliphatic heterocycles. The minimum atomic E-state index is 0.288. The summed E-state index contributed by atoms with van der Waals surface area (Å²) in [6.45, 7) is 11.1. The topological polar surface area (TPSA) is 0 Å². The summed E-state index contributed by atoms with van der Waals surface area (Å²) in [6, 6.07) is 0. The minimum absolute atomic E-state index is 0.288. The second kappa shape index (κ2) is 5.92. The monoisotopic (exact) mass is 209 g/mol. The molecule has 1 aliphatic carbocycles. The predicted octanol–water partition coefficient (Wildman–Crippen LogP) is 5.23. The van der Waals surface area contributed by atoms with Crippen LogP contribution < -0.4 is 0 Å². The van der Waals surface area contributed by atoms with Gasteiger partial charge in [0.25, 0.3) is 0 Å². The smallest absolute Gasteiger partial charge is 0.0354 e. The van der Waals surface area contributed by atoms with Gasteiger partial charge in [-0.1, -0.05) is 65.7 Å². The molecule has 1 rings (SSSR count). The van der Waals surface area contributed by atoms with Crippen LogP contribution in [0.3, 0.4) is 0 Å². The fourth-order valence-corrected chi connectivity index (χ4v) is 2.83. The molecule has 1 radical (unpaired) electrons. The molecule has 0 heteroatoms. The van der Waals surface area contributed by atoms with Crippen LogP contribution in [0.25, 0.3) is 0 Å². The fourth-order valence-electron chi connectivity index (χ4n) is 2.83. The molecule has 1 fully saturated rings. The molecule has 1 unspecified atom stereocenters. The second-order valence-corrected chi connectivity index (χ2v) is 6.43. The Morgan fingerprint density at radius 3 is 2.33 bits per heavy atom. The highest BCUT2D eigenvalue weighted by Gasteiger charge is 2.21. The zero-order chi connectivity index (χ0) is 11.3. The molecule has 0 saturated heterocycles. The van der Waals surface area contributed by atoms with Gasteiger partial charge in [-0.3, -0.25) is 0 Å². The van der Waals surface area contributed by atoms with Gasteiger partial charge < -0.3 is 0 Å². The molecule has 15 heavy (non-hydrogen) atoms. The number of hydrogen-bond acceptors (Lipinski definition) is 0. The summed E-state index contributed by atoms with van der Waals surface area (Å²) in [5.41, 5.74) is 0.288. The molecule has 0 nitrogen and oxygen atoms in total. The van der Waals surface area contributed by atoms with Crippen molar-refractivity contribution in [1.29, 1.82) is 0 Å². The van der Waals surface area contributed by atoms with Crippen LogP contribution in [0.5, 0.6) is 0 Å². The van der Waals surface area contributed by atoms with Crippen molar-refractivity contribution in [1.82, 2.24) is 0 Å². The molecule has 0 aromatic heterocycles. The molecule has 0 amide bonds. The van der Waals surface area contributed by atoms with Gasteiger partial charge in [0, 0.05) is 0 Å². The van der Waals surface area contributed by atoms with Gasteiger partial charge in [0.2, 0.25) is 0 Å². The molecule has 1 atom stereocenters. The van der Waals surface area contributed by atoms with E-state index >= 15 is 0 Å². The fraction of sp³-hybridized carbons (Fsp3) is 0.933. The van der Waals surface area contributed by atoms with Gasteiger partial charge in [-0.25, -0.2) is 0 Å². The Morgan fingerprint density at radius 2 is 1.80 bits per heavy atom. The van der Waals surface area contributed by atoms with Crippen molar-refractivity contribution >= 4 is 0 Å². The molecule has 0 spiro atoms. The Balaban J connectivity index is 2.04. The normalized spacial score (nSPS) is 20.8. The molecule has 0 aromatic carbocycles. The molecular weight excluding hydrogens is 180 g/mol. The lowest BCUT2D eigenvalue weighted by atomic mass is 9.85. The molecule has 0 aromatic rings. The van der Waals surface area contributed by atoms with Crippen molar-refractivity contribution in [2.75, 3.05) is 0 Å². The van der Waals surface area contributed by atoms with Crippen LogP contribution in [0.15, 0.2) is 0 Å². The molecule has 89 valence electrons. The Labute approximate surface area is 96.8 Å². The minimum Gasteiger partial charge on any atom is -0.0622 e. The number of rotatable bonds is 6. The lowest BCUT2D eigenvalue weighted by Crippen LogP contribution is -2.09. The summed E-state index contributed by atoms with van der Waals surface area (Å²) < 4.78 is 0. The van der Waals surface area contributed by atoms with Gasteiger partial charge in [-0.05, 0) is 30.6 Å². The van der Waals surface area contributed by atoms with E-state index in [0.717, 1.165) is 11.8 Å². The van der Waals surface area contributed by atoms with Crippen LogP contribution in [-0.4, -0.2) is 0 Å². The van der Waals surface area contributed by atoms with E-state index < -0.39 is 0 Å². The van der Waals surface area contributed by atoms with Crippen LogP contribution >= 0.6 is 0 Å². The lowest BCUT2D eigenvalue weighted by Gasteiger charge is -2.21. The second-order valence-electron chi connectivity index (χ2n) is 6.43. The van der Waals surface area contributed by atoms with E-state index in [1.54, 1.807) is 0 Å². The highest BCUT2D eigenvalue weighted by molar-refractivity contribution is 4.74. The largest absolute Gasteiger partial charge is 0.0622 e. The molecule has 0 bridgehead atoms. The van der Waals surface area contributed by atoms with Crippen LogP contribution in [0.4, 0.5) is 0 Å². The summed E-state index contributed by atoms with van der Waals surface area (Å²) in [4.78, 5) is 0. The maximum absolute atomic E-state index is 4.16. The van der Waals surface area contributed by atoms with Crippen LogP contribution in [0.2, 0.25) is 0 Å². The third-order valence-electron chi connectivity index (χ3n) is 3.97. The summed E-state index contributed by atoms with van der Waals surface area (Å²) in [5, 5.41) is 0. The average Bonchev–Trinajstić information content (AvgIpc) is 2.63. The summed E-state index contributed by atoms with van der Waals surface area (Å²) in [5.74, 6) is 2.03. The molecule has 0 heterocycles. The van der Waals surface area contributed by atoms with Gasteiger partial charge in [0.15, 0.2) is 0 Å². The highest BCUT2D eigenvalue weighted by atomic mass is 14.3. The molecule has 0 N–H and O–H groups in total. The molecular formula is C15H29. The van der Waals surface area contributed by atoms with Crippen molar-refractivity contribution in [2.24, 2.45) is 17.3 Å². The van der Waals surface area contributed by atoms with Crippen LogP contribution in [0, 0.1) is 24.2 Å². The standard InChI is InChI=1S/C15H29/c1-13(14-10-5-6-11-14)9-7-8-12-15(2,3)4/h13-14H,2,5-12H2,1,3-4H3. The van der Waals surface area contributed by atoms with Gasteiger partial charge in [-0.15, -0.1) is 0 Å². The van der Waals surface area contributed by atoms with Crippen molar-refractivity contribution in [3.05, 3.63) is 6.92 Å². The Morgan fingerprint density at radius 1 is 1.20 bits per heavy atom. The molecule has 1 aliphatic rings. The van der Waals surface area contributed by atoms with Gasteiger partial charge in [-0.2, -0.15) is 0 Å². The van der Waals surface area contributed by atoms with Gasteiger partial charge in [0.1, 0.15) is 0 Å². The third kappa shape index (κ3) is 5.58. The van der Waals surface area contributed by atoms with E-state index in [9.17, 15) is 0 Å². The first-order chi connectivity index (χ1) is 6.99. The van der Waals surface area contributed by atoms with E-state index in [4.69, 9.17) is 0 Å². The highest BCUT2D eigenvalue weighted by Crippen LogP contribution is 2.34. The summed E-state index contributed by atoms with van der Waals surface area (Å²) in [7, 11) is 0. The van der Waals surface area contributed by atoms with E-state index in [-0.39, 0.29) is 5.41 Å². The number of unbranched alkanes of at least 4 members (excludes halogenated alkanes) is 1. The van der Waals surface area contributed by atoms with Gasteiger partial charge in [0.05, 0.1) is 0 Å². The van der Waals surface area contributed by atoms with Gasteiger partial charge >= 0.3 is 0 Å². The lowest BCUT2D eigenvalue weighted by molar-refractivity contribution is 0.322. The van der Waals surface area contributed by atoms with E-state index in [0.29, 0.717) is 0 Å². The quantitative estimate of drug-likeness (QED) is 0.525. The SMILES string of the molecule is [CH2]C(C)(C)CCCCC(C)C1CCCC1. The predicted molar refractivity (Wildman–Crippen MR) is 68.7 cm³/mol. The van der Waals surface area contributed by atoms with E-state index in [2.05, 4.69) is 27.7 Å². The first-order valence-electron chi connectivity index (χ1n) is 6.84. The van der Waals surface area contributed by atoms with Crippen molar-refractivity contribution < 1.29 is 0 Å². The van der Waals surface area contributed by atoms with E-state index in [1.807, 2.05) is 0 Å². The molecule has 1 saturated carbocycles. The Kier molecular flexibility index (Phi) is 5.15. The van der Waals surface area contributed by atoms with Crippen LogP contribution in [0.1, 0.15) is 72.1 Å². The summed E-state index contributed by atoms with van der Waals surface area (Å²) in [6.07, 6.45) is 11.5. The van der Waals surface area contributed by atoms with E-state index in [1.165, 1.54) is 51.4 Å². The van der Waals surface area contributed by atoms with Crippen LogP contribution in [-0.2, 0) is 0 Å². The first-order valence-corrected chi connectivity index (χ1v) is 6.84. The number of hydrogen-bond donors (Lipinski definition) is 0. The average molecular weight is 209 g/mol. The zero-order valence-electron chi connectivity index (χ0n) is 11.0. The Bertz CT molecular complexity index is 157. The first kappa shape index (κ1) is 13.1. The zero-order valence-corrected chi connectivity index (χ0v) is 11.0. The summed E-state index contributed by atoms with van der Waals surface area (Å²) >= 11 is 0. The van der Waals surface area contributed by atoms with Crippen molar-refractivity contribution in [3.8, 4) is 0 Å². The van der Waals surface area contributed by atoms with Crippen molar-refractivity contribution in [2.45, 2.75) is 72.1 Å². The third-order valence-corrected chi connectivity index (χ3v) is 3.97. The maximum atomic E-state index is 4.16. The Hall–Kier alpha value is 0. The van der Waals surface area contributed by atoms with Crippen molar-refractivity contribution in [3.63, 3.8) is 0 Å². The maximum Gasteiger partial charge on any atom is -0.0354 e.